The van der Waals surface area contributed by atoms with Crippen LogP contribution in [0.4, 0.5) is 11.4 Å². The highest BCUT2D eigenvalue weighted by Gasteiger charge is 2.23. The number of nitrogen functional groups attached to an aromatic ring is 1. The summed E-state index contributed by atoms with van der Waals surface area (Å²) in [6.45, 7) is 2.14. The van der Waals surface area contributed by atoms with Crippen LogP contribution in [0.25, 0.3) is 0 Å². The third-order valence-electron chi connectivity index (χ3n) is 2.85. The van der Waals surface area contributed by atoms with E-state index in [1.807, 2.05) is 0 Å². The molecule has 0 amide bonds. The van der Waals surface area contributed by atoms with Gasteiger partial charge >= 0.3 is 0 Å². The second-order valence-electron chi connectivity index (χ2n) is 4.22. The number of anilines is 2. The SMILES string of the molecule is CCN(c1ccc(N)cc1)S(=O)(=O)c1cccc(Br)c1. The normalized spacial score (nSPS) is 11.3. The molecule has 0 aliphatic rings. The predicted molar refractivity (Wildman–Crippen MR) is 85.2 cm³/mol. The summed E-state index contributed by atoms with van der Waals surface area (Å²) in [5.74, 6) is 0. The van der Waals surface area contributed by atoms with Crippen LogP contribution in [0.5, 0.6) is 0 Å². The Hall–Kier alpha value is -1.53. The molecule has 0 spiro atoms. The lowest BCUT2D eigenvalue weighted by atomic mass is 10.3. The molecule has 20 heavy (non-hydrogen) atoms. The van der Waals surface area contributed by atoms with E-state index in [0.717, 1.165) is 4.47 Å². The fourth-order valence-corrected chi connectivity index (χ4v) is 3.96. The molecular weight excluding hydrogens is 340 g/mol. The van der Waals surface area contributed by atoms with Crippen molar-refractivity contribution in [3.05, 3.63) is 53.0 Å². The van der Waals surface area contributed by atoms with Gasteiger partial charge in [-0.3, -0.25) is 4.31 Å². The van der Waals surface area contributed by atoms with Gasteiger partial charge in [0.1, 0.15) is 0 Å². The van der Waals surface area contributed by atoms with Gasteiger partial charge in [0.15, 0.2) is 0 Å². The highest BCUT2D eigenvalue weighted by molar-refractivity contribution is 9.10. The van der Waals surface area contributed by atoms with Crippen LogP contribution in [-0.2, 0) is 10.0 Å². The van der Waals surface area contributed by atoms with Crippen molar-refractivity contribution in [2.75, 3.05) is 16.6 Å². The Kier molecular flexibility index (Phi) is 4.35. The minimum atomic E-state index is -3.58. The van der Waals surface area contributed by atoms with Gasteiger partial charge in [0.25, 0.3) is 10.0 Å². The van der Waals surface area contributed by atoms with Gasteiger partial charge in [0, 0.05) is 16.7 Å². The first kappa shape index (κ1) is 14.9. The Balaban J connectivity index is 2.47. The van der Waals surface area contributed by atoms with Crippen LogP contribution in [0.2, 0.25) is 0 Å². The minimum Gasteiger partial charge on any atom is -0.399 e. The molecule has 0 atom stereocenters. The Morgan fingerprint density at radius 1 is 1.15 bits per heavy atom. The molecule has 0 aliphatic heterocycles. The molecule has 2 aromatic carbocycles. The van der Waals surface area contributed by atoms with E-state index in [4.69, 9.17) is 5.73 Å². The molecule has 0 saturated carbocycles. The van der Waals surface area contributed by atoms with Crippen molar-refractivity contribution < 1.29 is 8.42 Å². The number of nitrogens with two attached hydrogens (primary N) is 1. The molecule has 2 rings (SSSR count). The Morgan fingerprint density at radius 3 is 2.35 bits per heavy atom. The van der Waals surface area contributed by atoms with Gasteiger partial charge in [-0.15, -0.1) is 0 Å². The Bertz CT molecular complexity index is 699. The van der Waals surface area contributed by atoms with Crippen LogP contribution >= 0.6 is 15.9 Å². The van der Waals surface area contributed by atoms with Crippen molar-refractivity contribution in [3.63, 3.8) is 0 Å². The molecular formula is C14H15BrN2O2S. The minimum absolute atomic E-state index is 0.255. The van der Waals surface area contributed by atoms with Gasteiger partial charge < -0.3 is 5.73 Å². The number of sulfonamides is 1. The maximum atomic E-state index is 12.7. The highest BCUT2D eigenvalue weighted by atomic mass is 79.9. The Labute approximate surface area is 127 Å². The predicted octanol–water partition coefficient (Wildman–Crippen LogP) is 3.25. The van der Waals surface area contributed by atoms with Gasteiger partial charge in [-0.2, -0.15) is 0 Å². The van der Waals surface area contributed by atoms with Crippen LogP contribution in [0.3, 0.4) is 0 Å². The number of hydrogen-bond acceptors (Lipinski definition) is 3. The van der Waals surface area contributed by atoms with E-state index in [1.54, 1.807) is 55.5 Å². The summed E-state index contributed by atoms with van der Waals surface area (Å²) < 4.78 is 27.4. The van der Waals surface area contributed by atoms with Crippen molar-refractivity contribution in [2.24, 2.45) is 0 Å². The molecule has 2 N–H and O–H groups in total. The number of nitrogens with zero attached hydrogens (tertiary/aromatic N) is 1. The van der Waals surface area contributed by atoms with Crippen molar-refractivity contribution in [1.82, 2.24) is 0 Å². The van der Waals surface area contributed by atoms with Crippen LogP contribution in [0.1, 0.15) is 6.92 Å². The molecule has 6 heteroatoms. The van der Waals surface area contributed by atoms with Gasteiger partial charge in [0.05, 0.1) is 10.6 Å². The second-order valence-corrected chi connectivity index (χ2v) is 7.00. The highest BCUT2D eigenvalue weighted by Crippen LogP contribution is 2.25. The van der Waals surface area contributed by atoms with Crippen LogP contribution < -0.4 is 10.0 Å². The molecule has 2 aromatic rings. The van der Waals surface area contributed by atoms with E-state index in [0.29, 0.717) is 17.9 Å². The monoisotopic (exact) mass is 354 g/mol. The van der Waals surface area contributed by atoms with E-state index < -0.39 is 10.0 Å². The summed E-state index contributed by atoms with van der Waals surface area (Å²) in [7, 11) is -3.58. The first-order valence-electron chi connectivity index (χ1n) is 6.09. The molecule has 4 nitrogen and oxygen atoms in total. The summed E-state index contributed by atoms with van der Waals surface area (Å²) in [4.78, 5) is 0.255. The maximum Gasteiger partial charge on any atom is 0.264 e. The van der Waals surface area contributed by atoms with Crippen molar-refractivity contribution in [3.8, 4) is 0 Å². The first-order valence-corrected chi connectivity index (χ1v) is 8.32. The summed E-state index contributed by atoms with van der Waals surface area (Å²) in [6, 6.07) is 13.5. The quantitative estimate of drug-likeness (QED) is 0.857. The fourth-order valence-electron chi connectivity index (χ4n) is 1.89. The summed E-state index contributed by atoms with van der Waals surface area (Å²) in [5, 5.41) is 0. The summed E-state index contributed by atoms with van der Waals surface area (Å²) >= 11 is 3.29. The fraction of sp³-hybridized carbons (Fsp3) is 0.143. The average Bonchev–Trinajstić information content (AvgIpc) is 2.41. The summed E-state index contributed by atoms with van der Waals surface area (Å²) in [5.41, 5.74) is 6.83. The van der Waals surface area contributed by atoms with Gasteiger partial charge in [-0.25, -0.2) is 8.42 Å². The molecule has 0 radical (unpaired) electrons. The van der Waals surface area contributed by atoms with Gasteiger partial charge in [-0.05, 0) is 49.4 Å². The zero-order valence-corrected chi connectivity index (χ0v) is 13.4. The maximum absolute atomic E-state index is 12.7. The largest absolute Gasteiger partial charge is 0.399 e. The van der Waals surface area contributed by atoms with E-state index in [1.165, 1.54) is 4.31 Å². The van der Waals surface area contributed by atoms with E-state index >= 15 is 0 Å². The lowest BCUT2D eigenvalue weighted by molar-refractivity contribution is 0.592. The van der Waals surface area contributed by atoms with Gasteiger partial charge in [-0.1, -0.05) is 22.0 Å². The molecule has 0 aliphatic carbocycles. The smallest absolute Gasteiger partial charge is 0.264 e. The van der Waals surface area contributed by atoms with E-state index in [9.17, 15) is 8.42 Å². The van der Waals surface area contributed by atoms with Crippen LogP contribution in [0, 0.1) is 0 Å². The molecule has 0 unspecified atom stereocenters. The summed E-state index contributed by atoms with van der Waals surface area (Å²) in [6.07, 6.45) is 0. The third-order valence-corrected chi connectivity index (χ3v) is 5.24. The first-order chi connectivity index (χ1) is 9.45. The number of halogens is 1. The van der Waals surface area contributed by atoms with Crippen molar-refractivity contribution in [2.45, 2.75) is 11.8 Å². The second kappa shape index (κ2) is 5.85. The zero-order valence-electron chi connectivity index (χ0n) is 11.0. The topological polar surface area (TPSA) is 63.4 Å². The number of benzene rings is 2. The average molecular weight is 355 g/mol. The number of hydrogen-bond donors (Lipinski definition) is 1. The van der Waals surface area contributed by atoms with Gasteiger partial charge in [0.2, 0.25) is 0 Å². The standard InChI is InChI=1S/C14H15BrN2O2S/c1-2-17(13-8-6-12(16)7-9-13)20(18,19)14-5-3-4-11(15)10-14/h3-10H,2,16H2,1H3. The lowest BCUT2D eigenvalue weighted by Crippen LogP contribution is -2.30. The molecule has 0 saturated heterocycles. The molecule has 0 heterocycles. The zero-order chi connectivity index (χ0) is 14.8. The molecule has 0 aromatic heterocycles. The van der Waals surface area contributed by atoms with E-state index in [-0.39, 0.29) is 4.90 Å². The van der Waals surface area contributed by atoms with Crippen molar-refractivity contribution >= 4 is 37.3 Å². The molecule has 106 valence electrons. The molecule has 0 bridgehead atoms. The Morgan fingerprint density at radius 2 is 1.80 bits per heavy atom. The van der Waals surface area contributed by atoms with Crippen LogP contribution in [0.15, 0.2) is 57.9 Å². The lowest BCUT2D eigenvalue weighted by Gasteiger charge is -2.23. The van der Waals surface area contributed by atoms with E-state index in [2.05, 4.69) is 15.9 Å². The molecule has 0 fully saturated rings. The number of rotatable bonds is 4. The third kappa shape index (κ3) is 2.96. The van der Waals surface area contributed by atoms with Crippen molar-refractivity contribution in [1.29, 1.82) is 0 Å². The van der Waals surface area contributed by atoms with Crippen LogP contribution in [-0.4, -0.2) is 15.0 Å².